The molecule has 0 saturated carbocycles. The monoisotopic (exact) mass is 855 g/mol. The molecule has 0 fully saturated rings. The molecule has 0 spiro atoms. The minimum Gasteiger partial charge on any atom is -0.0616 e. The van der Waals surface area contributed by atoms with E-state index < -0.39 is 0 Å². The fourth-order valence-electron chi connectivity index (χ4n) is 8.93. The predicted molar refractivity (Wildman–Crippen MR) is 279 cm³/mol. The van der Waals surface area contributed by atoms with Crippen LogP contribution < -0.4 is 10.6 Å². The summed E-state index contributed by atoms with van der Waals surface area (Å²) < 4.78 is 0. The van der Waals surface area contributed by atoms with Crippen LogP contribution in [-0.2, 0) is 32.5 Å². The van der Waals surface area contributed by atoms with Crippen LogP contribution in [0.3, 0.4) is 0 Å². The van der Waals surface area contributed by atoms with Crippen molar-refractivity contribution >= 4 is 48.6 Å². The van der Waals surface area contributed by atoms with Gasteiger partial charge in [0.25, 0.3) is 0 Å². The minimum atomic E-state index is -0.0604. The van der Waals surface area contributed by atoms with Crippen LogP contribution in [0.5, 0.6) is 0 Å². The molecular weight excluding hydrogens is 783 g/mol. The van der Waals surface area contributed by atoms with Crippen molar-refractivity contribution in [3.8, 4) is 22.3 Å². The van der Waals surface area contributed by atoms with Gasteiger partial charge in [0.15, 0.2) is 0 Å². The third-order valence-electron chi connectivity index (χ3n) is 12.7. The smallest absolute Gasteiger partial charge is 0.0234 e. The molecule has 0 unspecified atom stereocenters. The van der Waals surface area contributed by atoms with Crippen LogP contribution >= 0.6 is 16.4 Å². The molecule has 0 bridgehead atoms. The second kappa shape index (κ2) is 15.9. The Morgan fingerprint density at radius 1 is 0.306 bits per heavy atom. The zero-order valence-corrected chi connectivity index (χ0v) is 43.1. The van der Waals surface area contributed by atoms with Gasteiger partial charge < -0.3 is 0 Å². The van der Waals surface area contributed by atoms with Gasteiger partial charge in [-0.2, -0.15) is 0 Å². The lowest BCUT2D eigenvalue weighted by molar-refractivity contribution is 0.553. The van der Waals surface area contributed by atoms with Crippen LogP contribution in [-0.4, -0.2) is 0 Å². The molecule has 7 aromatic carbocycles. The molecule has 0 N–H and O–H groups in total. The number of hydrogen-bond donors (Lipinski definition) is 0. The van der Waals surface area contributed by atoms with Crippen molar-refractivity contribution in [2.24, 2.45) is 0 Å². The van der Waals surface area contributed by atoms with Gasteiger partial charge in [-0.25, -0.2) is 0 Å². The van der Waals surface area contributed by atoms with E-state index in [2.05, 4.69) is 234 Å². The second-order valence-electron chi connectivity index (χ2n) is 24.1. The highest BCUT2D eigenvalue weighted by Crippen LogP contribution is 2.49. The molecule has 322 valence electrons. The largest absolute Gasteiger partial charge is 0.0616 e. The van der Waals surface area contributed by atoms with Gasteiger partial charge in [0.2, 0.25) is 0 Å². The molecule has 0 amide bonds. The standard InChI is InChI=1S/C60H72P2/c1-55(2,3)39-33-45(57(7,8)9)51(46(34-39)58(10,11)12)61-53-49(43-31-23-27-37-25-19-21-29-41(37)43)50(44-32-24-28-38-26-20-22-30-42(38)44)54(53)62-52-47(59(13,14)15)35-40(56(4,5)6)36-48(52)60(16,17)18/h19-36H,1-18H3. The summed E-state index contributed by atoms with van der Waals surface area (Å²) in [6.07, 6.45) is 0. The maximum Gasteiger partial charge on any atom is 0.0234 e. The Balaban J connectivity index is 1.81. The van der Waals surface area contributed by atoms with Crippen molar-refractivity contribution in [1.82, 2.24) is 0 Å². The lowest BCUT2D eigenvalue weighted by Gasteiger charge is -2.33. The summed E-state index contributed by atoms with van der Waals surface area (Å²) in [5, 5.41) is 8.10. The Hall–Kier alpha value is -4.08. The lowest BCUT2D eigenvalue weighted by atomic mass is 9.75. The van der Waals surface area contributed by atoms with Gasteiger partial charge in [0.05, 0.1) is 0 Å². The molecule has 7 aromatic rings. The number of hydrogen-bond acceptors (Lipinski definition) is 0. The molecule has 62 heavy (non-hydrogen) atoms. The van der Waals surface area contributed by atoms with Gasteiger partial charge >= 0.3 is 0 Å². The van der Waals surface area contributed by atoms with Crippen LogP contribution in [0.15, 0.2) is 109 Å². The first-order chi connectivity index (χ1) is 28.6. The molecule has 0 atom stereocenters. The van der Waals surface area contributed by atoms with E-state index in [-0.39, 0.29) is 32.5 Å². The predicted octanol–water partition coefficient (Wildman–Crippen LogP) is 17.6. The molecule has 7 rings (SSSR count). The zero-order chi connectivity index (χ0) is 45.5. The molecule has 0 aromatic heterocycles. The molecule has 0 aliphatic carbocycles. The van der Waals surface area contributed by atoms with Gasteiger partial charge in [-0.3, -0.25) is 0 Å². The van der Waals surface area contributed by atoms with E-state index in [4.69, 9.17) is 0 Å². The lowest BCUT2D eigenvalue weighted by Crippen LogP contribution is -2.30. The normalized spacial score (nSPS) is 14.2. The van der Waals surface area contributed by atoms with E-state index in [0.29, 0.717) is 0 Å². The molecule has 0 saturated heterocycles. The van der Waals surface area contributed by atoms with Crippen molar-refractivity contribution in [2.45, 2.75) is 157 Å². The Morgan fingerprint density at radius 3 is 0.855 bits per heavy atom. The van der Waals surface area contributed by atoms with Crippen LogP contribution in [0.25, 0.3) is 43.8 Å². The summed E-state index contributed by atoms with van der Waals surface area (Å²) in [5.41, 5.74) is 13.9. The van der Waals surface area contributed by atoms with Crippen molar-refractivity contribution in [2.75, 3.05) is 0 Å². The van der Waals surface area contributed by atoms with E-state index in [1.165, 1.54) is 114 Å². The highest BCUT2D eigenvalue weighted by Gasteiger charge is 2.32. The minimum absolute atomic E-state index is 0.0242. The van der Waals surface area contributed by atoms with Crippen LogP contribution in [0.2, 0.25) is 0 Å². The molecule has 0 heterocycles. The Morgan fingerprint density at radius 2 is 0.581 bits per heavy atom. The van der Waals surface area contributed by atoms with E-state index in [9.17, 15) is 0 Å². The summed E-state index contributed by atoms with van der Waals surface area (Å²) in [6, 6.07) is 42.1. The number of fused-ring (bicyclic) bond motifs is 2. The first-order valence-corrected chi connectivity index (χ1v) is 24.6. The number of benzene rings is 6. The summed E-state index contributed by atoms with van der Waals surface area (Å²) in [5.74, 6) is 0. The second-order valence-corrected chi connectivity index (χ2v) is 26.3. The first kappa shape index (κ1) is 45.9. The fourth-order valence-corrected chi connectivity index (χ4v) is 12.9. The fraction of sp³-hybridized carbons (Fsp3) is 0.400. The quantitative estimate of drug-likeness (QED) is 0.155. The van der Waals surface area contributed by atoms with Gasteiger partial charge in [-0.1, -0.05) is 250 Å². The summed E-state index contributed by atoms with van der Waals surface area (Å²) in [6.45, 7) is 43.2. The van der Waals surface area contributed by atoms with Gasteiger partial charge in [-0.05, 0) is 98.5 Å². The Kier molecular flexibility index (Phi) is 11.8. The van der Waals surface area contributed by atoms with E-state index in [0.717, 1.165) is 0 Å². The average Bonchev–Trinajstić information content (AvgIpc) is 3.15. The van der Waals surface area contributed by atoms with Crippen LogP contribution in [0.1, 0.15) is 158 Å². The average molecular weight is 855 g/mol. The highest BCUT2D eigenvalue weighted by molar-refractivity contribution is 7.42. The van der Waals surface area contributed by atoms with Gasteiger partial charge in [-0.15, -0.1) is 0 Å². The Labute approximate surface area is 378 Å². The Bertz CT molecular complexity index is 2650. The van der Waals surface area contributed by atoms with Gasteiger partial charge in [0.1, 0.15) is 0 Å². The highest BCUT2D eigenvalue weighted by atomic mass is 31.1. The first-order valence-electron chi connectivity index (χ1n) is 22.8. The van der Waals surface area contributed by atoms with E-state index in [1.807, 2.05) is 0 Å². The molecule has 0 aliphatic heterocycles. The van der Waals surface area contributed by atoms with Crippen molar-refractivity contribution in [3.63, 3.8) is 0 Å². The topological polar surface area (TPSA) is 0 Å². The van der Waals surface area contributed by atoms with Crippen LogP contribution in [0, 0.1) is 9.88 Å². The van der Waals surface area contributed by atoms with Crippen LogP contribution in [0.4, 0.5) is 0 Å². The SMILES string of the molecule is CC(C)(C)c1cc(C(C)(C)C)c(P=c2c(-c3cccc4ccccc34)c(-c3cccc4ccccc34)c2=Pc2c(C(C)(C)C)cc(C(C)(C)C)cc2C(C)(C)C)c(C(C)(C)C)c1. The third kappa shape index (κ3) is 8.87. The molecule has 0 radical (unpaired) electrons. The van der Waals surface area contributed by atoms with Crippen molar-refractivity contribution in [1.29, 1.82) is 0 Å². The summed E-state index contributed by atoms with van der Waals surface area (Å²) in [4.78, 5) is 2.90. The molecule has 2 heteroatoms. The van der Waals surface area contributed by atoms with Crippen molar-refractivity contribution < 1.29 is 0 Å². The molecule has 0 nitrogen and oxygen atoms in total. The van der Waals surface area contributed by atoms with E-state index >= 15 is 0 Å². The maximum absolute atomic E-state index is 2.56. The van der Waals surface area contributed by atoms with E-state index in [1.54, 1.807) is 0 Å². The number of rotatable bonds is 4. The maximum atomic E-state index is 2.56. The molecular formula is C60H72P2. The third-order valence-corrected chi connectivity index (χ3v) is 15.6. The summed E-state index contributed by atoms with van der Waals surface area (Å²) >= 11 is 0. The van der Waals surface area contributed by atoms with Gasteiger partial charge in [0, 0.05) is 31.6 Å². The van der Waals surface area contributed by atoms with Crippen molar-refractivity contribution in [3.05, 3.63) is 152 Å². The summed E-state index contributed by atoms with van der Waals surface area (Å²) in [7, 11) is 2.52. The zero-order valence-electron chi connectivity index (χ0n) is 41.3. The molecule has 0 aliphatic rings.